The normalized spacial score (nSPS) is 10.0. The van der Waals surface area contributed by atoms with Crippen molar-refractivity contribution in [2.24, 2.45) is 0 Å². The molecule has 1 amide bonds. The molecule has 3 nitrogen and oxygen atoms in total. The predicted octanol–water partition coefficient (Wildman–Crippen LogP) is 5.05. The van der Waals surface area contributed by atoms with Gasteiger partial charge in [-0.25, -0.2) is 0 Å². The zero-order valence-corrected chi connectivity index (χ0v) is 14.0. The van der Waals surface area contributed by atoms with Gasteiger partial charge in [0.05, 0.1) is 19.9 Å². The first kappa shape index (κ1) is 14.5. The van der Waals surface area contributed by atoms with E-state index in [0.29, 0.717) is 21.2 Å². The van der Waals surface area contributed by atoms with E-state index in [1.54, 1.807) is 24.3 Å². The first-order chi connectivity index (χ1) is 9.01. The number of thiophene rings is 1. The highest BCUT2D eigenvalue weighted by Gasteiger charge is 2.14. The summed E-state index contributed by atoms with van der Waals surface area (Å²) in [5.41, 5.74) is 0.771. The third-order valence-corrected chi connectivity index (χ3v) is 5.71. The Morgan fingerprint density at radius 1 is 1.37 bits per heavy atom. The number of benzene rings is 1. The molecule has 7 heteroatoms. The third-order valence-electron chi connectivity index (χ3n) is 2.22. The second kappa shape index (κ2) is 6.06. The predicted molar refractivity (Wildman–Crippen MR) is 83.8 cm³/mol. The number of halogens is 3. The fourth-order valence-corrected chi connectivity index (χ4v) is 3.46. The number of hydrogen-bond acceptors (Lipinski definition) is 3. The molecule has 0 aliphatic rings. The number of anilines is 1. The van der Waals surface area contributed by atoms with E-state index in [9.17, 15) is 4.79 Å². The molecule has 0 atom stereocenters. The van der Waals surface area contributed by atoms with Crippen molar-refractivity contribution in [2.45, 2.75) is 0 Å². The van der Waals surface area contributed by atoms with E-state index in [4.69, 9.17) is 16.9 Å². The molecule has 0 bridgehead atoms. The monoisotopic (exact) mass is 418 g/mol. The largest absolute Gasteiger partial charge is 0.320 e. The van der Waals surface area contributed by atoms with Crippen LogP contribution in [0.15, 0.2) is 32.5 Å². The molecule has 0 unspecified atom stereocenters. The van der Waals surface area contributed by atoms with Crippen molar-refractivity contribution in [3.8, 4) is 6.07 Å². The van der Waals surface area contributed by atoms with Crippen LogP contribution in [0.3, 0.4) is 0 Å². The zero-order valence-electron chi connectivity index (χ0n) is 9.21. The lowest BCUT2D eigenvalue weighted by Crippen LogP contribution is -2.11. The van der Waals surface area contributed by atoms with Gasteiger partial charge < -0.3 is 5.32 Å². The molecule has 1 aromatic heterocycles. The summed E-state index contributed by atoms with van der Waals surface area (Å²) >= 11 is 13.8. The summed E-state index contributed by atoms with van der Waals surface area (Å²) in [6, 6.07) is 8.44. The molecule has 19 heavy (non-hydrogen) atoms. The second-order valence-corrected chi connectivity index (χ2v) is 7.15. The highest BCUT2D eigenvalue weighted by Crippen LogP contribution is 2.33. The summed E-state index contributed by atoms with van der Waals surface area (Å²) in [5, 5.41) is 12.1. The van der Waals surface area contributed by atoms with Crippen LogP contribution in [0.2, 0.25) is 5.02 Å². The van der Waals surface area contributed by atoms with E-state index in [2.05, 4.69) is 37.2 Å². The molecular weight excluding hydrogens is 415 g/mol. The fraction of sp³-hybridized carbons (Fsp3) is 0. The van der Waals surface area contributed by atoms with Crippen LogP contribution in [0, 0.1) is 11.3 Å². The summed E-state index contributed by atoms with van der Waals surface area (Å²) in [7, 11) is 0. The number of rotatable bonds is 2. The lowest BCUT2D eigenvalue weighted by Gasteiger charge is -2.06. The lowest BCUT2D eigenvalue weighted by atomic mass is 10.2. The molecule has 0 fully saturated rings. The average molecular weight is 421 g/mol. The van der Waals surface area contributed by atoms with Crippen molar-refractivity contribution in [3.63, 3.8) is 0 Å². The van der Waals surface area contributed by atoms with Gasteiger partial charge in [-0.15, -0.1) is 11.3 Å². The molecule has 0 spiro atoms. The molecule has 1 N–H and O–H groups in total. The Balaban J connectivity index is 2.29. The van der Waals surface area contributed by atoms with Crippen LogP contribution >= 0.6 is 54.8 Å². The standard InChI is InChI=1S/C12H5Br2ClN2OS/c13-8-4-10(19-11(8)14)12(18)17-9-3-7(15)2-1-6(9)5-16/h1-4H,(H,17,18). The smallest absolute Gasteiger partial charge is 0.265 e. The Bertz CT molecular complexity index is 674. The topological polar surface area (TPSA) is 52.9 Å². The van der Waals surface area contributed by atoms with Crippen molar-refractivity contribution >= 4 is 66.4 Å². The molecular formula is C12H5Br2ClN2OS. The van der Waals surface area contributed by atoms with Crippen LogP contribution in [0.25, 0.3) is 0 Å². The van der Waals surface area contributed by atoms with Gasteiger partial charge in [-0.05, 0) is 56.1 Å². The molecule has 2 rings (SSSR count). The van der Waals surface area contributed by atoms with Gasteiger partial charge in [0.1, 0.15) is 6.07 Å². The minimum absolute atomic E-state index is 0.282. The van der Waals surface area contributed by atoms with Crippen LogP contribution in [-0.4, -0.2) is 5.91 Å². The minimum atomic E-state index is -0.282. The second-order valence-electron chi connectivity index (χ2n) is 3.49. The van der Waals surface area contributed by atoms with E-state index in [1.165, 1.54) is 11.3 Å². The third kappa shape index (κ3) is 3.37. The number of carbonyl (C=O) groups excluding carboxylic acids is 1. The highest BCUT2D eigenvalue weighted by molar-refractivity contribution is 9.13. The summed E-state index contributed by atoms with van der Waals surface area (Å²) in [5.74, 6) is -0.282. The SMILES string of the molecule is N#Cc1ccc(Cl)cc1NC(=O)c1cc(Br)c(Br)s1. The van der Waals surface area contributed by atoms with E-state index in [-0.39, 0.29) is 5.91 Å². The molecule has 0 aliphatic carbocycles. The van der Waals surface area contributed by atoms with Gasteiger partial charge in [0, 0.05) is 9.50 Å². The Morgan fingerprint density at radius 2 is 2.11 bits per heavy atom. The molecule has 96 valence electrons. The summed E-state index contributed by atoms with van der Waals surface area (Å²) in [6.45, 7) is 0. The van der Waals surface area contributed by atoms with E-state index >= 15 is 0 Å². The number of nitrogens with zero attached hydrogens (tertiary/aromatic N) is 1. The number of nitrogens with one attached hydrogen (secondary N) is 1. The number of amides is 1. The molecule has 1 aromatic carbocycles. The number of carbonyl (C=O) groups is 1. The van der Waals surface area contributed by atoms with Crippen molar-refractivity contribution in [3.05, 3.63) is 48.0 Å². The van der Waals surface area contributed by atoms with Crippen molar-refractivity contribution in [1.82, 2.24) is 0 Å². The maximum Gasteiger partial charge on any atom is 0.265 e. The van der Waals surface area contributed by atoms with Crippen LogP contribution in [0.5, 0.6) is 0 Å². The summed E-state index contributed by atoms with van der Waals surface area (Å²) < 4.78 is 1.65. The van der Waals surface area contributed by atoms with Gasteiger partial charge in [-0.1, -0.05) is 11.6 Å². The van der Waals surface area contributed by atoms with Crippen molar-refractivity contribution in [2.75, 3.05) is 5.32 Å². The van der Waals surface area contributed by atoms with Gasteiger partial charge >= 0.3 is 0 Å². The number of nitriles is 1. The van der Waals surface area contributed by atoms with Gasteiger partial charge in [0.2, 0.25) is 0 Å². The Labute approximate surface area is 135 Å². The average Bonchev–Trinajstić information content (AvgIpc) is 2.70. The van der Waals surface area contributed by atoms with Gasteiger partial charge in [-0.3, -0.25) is 4.79 Å². The van der Waals surface area contributed by atoms with Crippen LogP contribution in [-0.2, 0) is 0 Å². The minimum Gasteiger partial charge on any atom is -0.320 e. The van der Waals surface area contributed by atoms with Gasteiger partial charge in [-0.2, -0.15) is 5.26 Å². The van der Waals surface area contributed by atoms with Crippen molar-refractivity contribution in [1.29, 1.82) is 5.26 Å². The van der Waals surface area contributed by atoms with E-state index in [1.807, 2.05) is 6.07 Å². The van der Waals surface area contributed by atoms with Gasteiger partial charge in [0.25, 0.3) is 5.91 Å². The Morgan fingerprint density at radius 3 is 2.68 bits per heavy atom. The van der Waals surface area contributed by atoms with Crippen LogP contribution in [0.4, 0.5) is 5.69 Å². The molecule has 0 radical (unpaired) electrons. The first-order valence-electron chi connectivity index (χ1n) is 4.97. The van der Waals surface area contributed by atoms with Crippen LogP contribution < -0.4 is 5.32 Å². The maximum absolute atomic E-state index is 12.1. The van der Waals surface area contributed by atoms with E-state index in [0.717, 1.165) is 8.26 Å². The molecule has 0 aliphatic heterocycles. The van der Waals surface area contributed by atoms with Crippen molar-refractivity contribution < 1.29 is 4.79 Å². The summed E-state index contributed by atoms with van der Waals surface area (Å²) in [4.78, 5) is 12.6. The fourth-order valence-electron chi connectivity index (χ4n) is 1.36. The van der Waals surface area contributed by atoms with E-state index < -0.39 is 0 Å². The number of hydrogen-bond donors (Lipinski definition) is 1. The molecule has 0 saturated carbocycles. The Kier molecular flexibility index (Phi) is 4.63. The first-order valence-corrected chi connectivity index (χ1v) is 7.75. The Hall–Kier alpha value is -0.870. The quantitative estimate of drug-likeness (QED) is 0.739. The molecule has 1 heterocycles. The molecule has 2 aromatic rings. The highest BCUT2D eigenvalue weighted by atomic mass is 79.9. The summed E-state index contributed by atoms with van der Waals surface area (Å²) in [6.07, 6.45) is 0. The zero-order chi connectivity index (χ0) is 14.0. The lowest BCUT2D eigenvalue weighted by molar-refractivity contribution is 0.103. The van der Waals surface area contributed by atoms with Gasteiger partial charge in [0.15, 0.2) is 0 Å². The molecule has 0 saturated heterocycles. The maximum atomic E-state index is 12.1. The van der Waals surface area contributed by atoms with Crippen LogP contribution in [0.1, 0.15) is 15.2 Å².